The Morgan fingerprint density at radius 1 is 0.455 bits per heavy atom. The second-order valence-electron chi connectivity index (χ2n) is 23.3. The third-order valence-corrected chi connectivity index (χ3v) is 15.7. The average Bonchev–Trinajstić information content (AvgIpc) is 2.88. The van der Waals surface area contributed by atoms with Crippen molar-refractivity contribution in [3.05, 3.63) is 0 Å². The number of ether oxygens (including phenoxy) is 3. The van der Waals surface area contributed by atoms with Gasteiger partial charge in [-0.15, -0.1) is 0 Å². The Kier molecular flexibility index (Phi) is 17.9. The van der Waals surface area contributed by atoms with E-state index in [4.69, 9.17) is 49.6 Å². The van der Waals surface area contributed by atoms with Gasteiger partial charge in [0.15, 0.2) is 72.8 Å². The van der Waals surface area contributed by atoms with E-state index >= 15 is 0 Å². The Morgan fingerprint density at radius 2 is 0.873 bits per heavy atom. The molecule has 2 rings (SSSR count). The van der Waals surface area contributed by atoms with Crippen LogP contribution in [0.25, 0.3) is 0 Å². The Hall–Kier alpha value is 1.30. The lowest BCUT2D eigenvalue weighted by molar-refractivity contribution is -0.375. The van der Waals surface area contributed by atoms with E-state index in [1.807, 2.05) is 0 Å². The van der Waals surface area contributed by atoms with Crippen molar-refractivity contribution in [2.75, 3.05) is 19.8 Å². The summed E-state index contributed by atoms with van der Waals surface area (Å²) in [6.07, 6.45) is -4.61. The minimum atomic E-state index is -2.32. The lowest BCUT2D eigenvalue weighted by atomic mass is 9.95. The minimum Gasteiger partial charge on any atom is -0.415 e. The largest absolute Gasteiger partial charge is 0.415 e. The summed E-state index contributed by atoms with van der Waals surface area (Å²) in [5.41, 5.74) is 0. The van der Waals surface area contributed by atoms with Gasteiger partial charge in [0.25, 0.3) is 0 Å². The SMILES string of the molecule is C[Si](C)(C)OCC1OC(OC2C(O[Si](C)(C)C)C(O[Si](C)(C)C)COC2(CO[Si](C)(C)C)O[Si](C)(C)C)C(O[Si](C)(C)C)C(O[Si](C)(C)C)C1O[Si](C)(C)C. The molecule has 55 heavy (non-hydrogen) atoms. The molecular formula is C36H86O11Si8. The number of rotatable bonds is 20. The van der Waals surface area contributed by atoms with Crippen molar-refractivity contribution in [1.29, 1.82) is 0 Å². The van der Waals surface area contributed by atoms with Crippen LogP contribution < -0.4 is 0 Å². The van der Waals surface area contributed by atoms with Crippen LogP contribution in [-0.4, -0.2) is 141 Å². The van der Waals surface area contributed by atoms with Gasteiger partial charge in [0.2, 0.25) is 5.79 Å². The predicted octanol–water partition coefficient (Wildman–Crippen LogP) is 9.48. The smallest absolute Gasteiger partial charge is 0.211 e. The normalized spacial score (nSPS) is 31.2. The molecular weight excluding hydrogens is 833 g/mol. The number of hydrogen-bond acceptors (Lipinski definition) is 11. The van der Waals surface area contributed by atoms with Crippen LogP contribution in [0.15, 0.2) is 0 Å². The van der Waals surface area contributed by atoms with Crippen molar-refractivity contribution >= 4 is 66.5 Å². The Balaban J connectivity index is 3.01. The third-order valence-electron chi connectivity index (χ3n) is 7.79. The summed E-state index contributed by atoms with van der Waals surface area (Å²) in [5.74, 6) is -1.30. The fraction of sp³-hybridized carbons (Fsp3) is 1.00. The van der Waals surface area contributed by atoms with E-state index in [0.29, 0.717) is 13.2 Å². The topological polar surface area (TPSA) is 102 Å². The van der Waals surface area contributed by atoms with Gasteiger partial charge in [-0.1, -0.05) is 0 Å². The van der Waals surface area contributed by atoms with Gasteiger partial charge in [0.1, 0.15) is 36.6 Å². The van der Waals surface area contributed by atoms with Crippen molar-refractivity contribution in [2.24, 2.45) is 0 Å². The van der Waals surface area contributed by atoms with E-state index < -0.39 is 121 Å². The molecule has 2 aliphatic heterocycles. The van der Waals surface area contributed by atoms with E-state index in [0.717, 1.165) is 0 Å². The molecule has 0 amide bonds. The molecule has 2 heterocycles. The molecule has 9 unspecified atom stereocenters. The van der Waals surface area contributed by atoms with Gasteiger partial charge in [0, 0.05) is 0 Å². The summed E-state index contributed by atoms with van der Waals surface area (Å²) in [5, 5.41) is 0. The van der Waals surface area contributed by atoms with Gasteiger partial charge in [-0.3, -0.25) is 0 Å². The first kappa shape index (κ1) is 52.4. The molecule has 0 radical (unpaired) electrons. The zero-order valence-electron chi connectivity index (χ0n) is 39.7. The molecule has 2 aliphatic rings. The molecule has 0 aliphatic carbocycles. The van der Waals surface area contributed by atoms with Crippen molar-refractivity contribution in [3.8, 4) is 0 Å². The van der Waals surface area contributed by atoms with Crippen LogP contribution in [0.2, 0.25) is 157 Å². The van der Waals surface area contributed by atoms with Crippen LogP contribution in [0, 0.1) is 0 Å². The summed E-state index contributed by atoms with van der Waals surface area (Å²) in [6, 6.07) is 0. The molecule has 2 fully saturated rings. The van der Waals surface area contributed by atoms with Crippen LogP contribution in [0.5, 0.6) is 0 Å². The Labute approximate surface area is 346 Å². The van der Waals surface area contributed by atoms with Crippen LogP contribution in [0.3, 0.4) is 0 Å². The zero-order valence-corrected chi connectivity index (χ0v) is 47.7. The molecule has 0 spiro atoms. The predicted molar refractivity (Wildman–Crippen MR) is 246 cm³/mol. The van der Waals surface area contributed by atoms with Gasteiger partial charge in [-0.25, -0.2) is 0 Å². The average molecular weight is 920 g/mol. The highest BCUT2D eigenvalue weighted by Gasteiger charge is 2.61. The second kappa shape index (κ2) is 18.7. The van der Waals surface area contributed by atoms with Crippen molar-refractivity contribution < 1.29 is 49.6 Å². The maximum atomic E-state index is 7.57. The zero-order chi connectivity index (χ0) is 43.0. The van der Waals surface area contributed by atoms with Crippen LogP contribution in [-0.2, 0) is 49.6 Å². The van der Waals surface area contributed by atoms with Gasteiger partial charge in [0.05, 0.1) is 25.9 Å². The fourth-order valence-electron chi connectivity index (χ4n) is 6.43. The summed E-state index contributed by atoms with van der Waals surface area (Å²) in [7, 11) is -17.3. The molecule has 0 aromatic rings. The van der Waals surface area contributed by atoms with Crippen molar-refractivity contribution in [1.82, 2.24) is 0 Å². The highest BCUT2D eigenvalue weighted by Crippen LogP contribution is 2.42. The van der Waals surface area contributed by atoms with Gasteiger partial charge >= 0.3 is 0 Å². The standard InChI is InChI=1S/C36H86O11Si8/c1-48(2,3)38-26-28-30(43-51(10,11)12)32(45-53(16,17)18)33(46-54(19,20)21)35(40-28)41-34-31(44-52(13,14)15)29(42-50(7,8)9)25-37-36(34,47-55(22,23)24)27-39-49(4,5)6/h28-35H,25-27H2,1-24H3. The summed E-state index contributed by atoms with van der Waals surface area (Å²) in [6.45, 7) is 53.6. The lowest BCUT2D eigenvalue weighted by Crippen LogP contribution is -2.72. The maximum Gasteiger partial charge on any atom is 0.211 e. The molecule has 2 saturated heterocycles. The monoisotopic (exact) mass is 918 g/mol. The highest BCUT2D eigenvalue weighted by molar-refractivity contribution is 6.72. The molecule has 0 aromatic heterocycles. The van der Waals surface area contributed by atoms with Gasteiger partial charge < -0.3 is 49.6 Å². The molecule has 0 bridgehead atoms. The molecule has 11 nitrogen and oxygen atoms in total. The fourth-order valence-corrected chi connectivity index (χ4v) is 14.4. The first-order chi connectivity index (χ1) is 24.2. The van der Waals surface area contributed by atoms with E-state index in [1.165, 1.54) is 0 Å². The van der Waals surface area contributed by atoms with Crippen molar-refractivity contribution in [3.63, 3.8) is 0 Å². The van der Waals surface area contributed by atoms with E-state index in [1.54, 1.807) is 0 Å². The van der Waals surface area contributed by atoms with E-state index in [2.05, 4.69) is 157 Å². The van der Waals surface area contributed by atoms with E-state index in [-0.39, 0.29) is 6.61 Å². The lowest BCUT2D eigenvalue weighted by Gasteiger charge is -2.56. The van der Waals surface area contributed by atoms with Crippen LogP contribution in [0.4, 0.5) is 0 Å². The highest BCUT2D eigenvalue weighted by atomic mass is 28.4. The Bertz CT molecular complexity index is 1190. The minimum absolute atomic E-state index is 0.188. The molecule has 9 atom stereocenters. The first-order valence-corrected chi connectivity index (χ1v) is 47.8. The molecule has 0 aromatic carbocycles. The first-order valence-electron chi connectivity index (χ1n) is 20.5. The van der Waals surface area contributed by atoms with Crippen LogP contribution >= 0.6 is 0 Å². The Morgan fingerprint density at radius 3 is 1.29 bits per heavy atom. The summed E-state index contributed by atoms with van der Waals surface area (Å²) < 4.78 is 78.0. The van der Waals surface area contributed by atoms with Crippen molar-refractivity contribution in [2.45, 2.75) is 212 Å². The van der Waals surface area contributed by atoms with E-state index in [9.17, 15) is 0 Å². The second-order valence-corrected chi connectivity index (χ2v) is 59.1. The third kappa shape index (κ3) is 19.7. The van der Waals surface area contributed by atoms with Gasteiger partial charge in [-0.2, -0.15) is 0 Å². The molecule has 328 valence electrons. The summed E-state index contributed by atoms with van der Waals surface area (Å²) in [4.78, 5) is 0. The molecule has 0 N–H and O–H groups in total. The van der Waals surface area contributed by atoms with Gasteiger partial charge in [-0.05, 0) is 157 Å². The molecule has 19 heteroatoms. The van der Waals surface area contributed by atoms with Crippen LogP contribution in [0.1, 0.15) is 0 Å². The maximum absolute atomic E-state index is 7.57. The number of hydrogen-bond donors (Lipinski definition) is 0. The quantitative estimate of drug-likeness (QED) is 0.109. The summed E-state index contributed by atoms with van der Waals surface area (Å²) >= 11 is 0. The molecule has 0 saturated carbocycles.